The zero-order valence-electron chi connectivity index (χ0n) is 14.8. The summed E-state index contributed by atoms with van der Waals surface area (Å²) in [5, 5.41) is 2.78. The number of benzene rings is 1. The maximum atomic E-state index is 12.3. The largest absolute Gasteiger partial charge is 0.357 e. The van der Waals surface area contributed by atoms with Crippen molar-refractivity contribution in [3.63, 3.8) is 0 Å². The van der Waals surface area contributed by atoms with Crippen LogP contribution in [0.5, 0.6) is 0 Å². The maximum Gasteiger partial charge on any atom is 0.255 e. The number of carbonyl (C=O) groups is 1. The Bertz CT molecular complexity index is 872. The van der Waals surface area contributed by atoms with Gasteiger partial charge in [-0.1, -0.05) is 0 Å². The summed E-state index contributed by atoms with van der Waals surface area (Å²) in [6.45, 7) is 2.03. The van der Waals surface area contributed by atoms with Gasteiger partial charge in [-0.3, -0.25) is 4.79 Å². The lowest BCUT2D eigenvalue weighted by molar-refractivity contribution is 0.102. The Hall–Kier alpha value is -2.45. The standard InChI is InChI=1S/C18H22N4O3S/c1-21(2)26(24,25)16-8-5-14(6-9-16)18(23)20-15-7-10-17(19-13-15)22-11-3-4-12-22/h5-10,13H,3-4,11-12H2,1-2H3,(H,20,23). The molecule has 1 aromatic carbocycles. The van der Waals surface area contributed by atoms with E-state index in [1.54, 1.807) is 6.20 Å². The first-order valence-electron chi connectivity index (χ1n) is 8.43. The second-order valence-corrected chi connectivity index (χ2v) is 8.52. The van der Waals surface area contributed by atoms with Crippen LogP contribution < -0.4 is 10.2 Å². The number of nitrogens with one attached hydrogen (secondary N) is 1. The van der Waals surface area contributed by atoms with Crippen LogP contribution in [-0.2, 0) is 10.0 Å². The molecule has 3 rings (SSSR count). The molecule has 26 heavy (non-hydrogen) atoms. The van der Waals surface area contributed by atoms with E-state index in [1.807, 2.05) is 12.1 Å². The number of amides is 1. The predicted molar refractivity (Wildman–Crippen MR) is 101 cm³/mol. The first kappa shape index (κ1) is 18.3. The molecule has 1 fully saturated rings. The summed E-state index contributed by atoms with van der Waals surface area (Å²) in [5.74, 6) is 0.605. The fraction of sp³-hybridized carbons (Fsp3) is 0.333. The summed E-state index contributed by atoms with van der Waals surface area (Å²) < 4.78 is 25.3. The van der Waals surface area contributed by atoms with Crippen molar-refractivity contribution in [1.29, 1.82) is 0 Å². The lowest BCUT2D eigenvalue weighted by Crippen LogP contribution is -2.22. The van der Waals surface area contributed by atoms with Crippen LogP contribution in [0.1, 0.15) is 23.2 Å². The van der Waals surface area contributed by atoms with Gasteiger partial charge in [0.1, 0.15) is 5.82 Å². The highest BCUT2D eigenvalue weighted by Gasteiger charge is 2.18. The number of pyridine rings is 1. The molecule has 1 amide bonds. The van der Waals surface area contributed by atoms with Gasteiger partial charge in [0.25, 0.3) is 5.91 Å². The molecule has 0 radical (unpaired) electrons. The molecule has 2 heterocycles. The van der Waals surface area contributed by atoms with Gasteiger partial charge in [0.2, 0.25) is 10.0 Å². The molecule has 1 saturated heterocycles. The molecular weight excluding hydrogens is 352 g/mol. The third-order valence-corrected chi connectivity index (χ3v) is 6.16. The number of rotatable bonds is 5. The van der Waals surface area contributed by atoms with Gasteiger partial charge in [-0.15, -0.1) is 0 Å². The third-order valence-electron chi connectivity index (χ3n) is 4.33. The van der Waals surface area contributed by atoms with E-state index >= 15 is 0 Å². The van der Waals surface area contributed by atoms with Crippen molar-refractivity contribution in [2.45, 2.75) is 17.7 Å². The van der Waals surface area contributed by atoms with Gasteiger partial charge in [-0.05, 0) is 49.2 Å². The monoisotopic (exact) mass is 374 g/mol. The quantitative estimate of drug-likeness (QED) is 0.867. The molecule has 1 N–H and O–H groups in total. The first-order chi connectivity index (χ1) is 12.4. The summed E-state index contributed by atoms with van der Waals surface area (Å²) in [6, 6.07) is 9.57. The van der Waals surface area contributed by atoms with Crippen molar-refractivity contribution in [1.82, 2.24) is 9.29 Å². The summed E-state index contributed by atoms with van der Waals surface area (Å²) in [5.41, 5.74) is 0.981. The molecule has 2 aromatic rings. The van der Waals surface area contributed by atoms with E-state index in [-0.39, 0.29) is 10.8 Å². The molecule has 0 aliphatic carbocycles. The summed E-state index contributed by atoms with van der Waals surface area (Å²) in [4.78, 5) is 19.1. The van der Waals surface area contributed by atoms with Crippen LogP contribution in [-0.4, -0.2) is 50.8 Å². The molecule has 1 aliphatic rings. The molecule has 0 bridgehead atoms. The Kier molecular flexibility index (Phi) is 5.24. The van der Waals surface area contributed by atoms with Crippen LogP contribution in [0.15, 0.2) is 47.5 Å². The molecule has 8 heteroatoms. The highest BCUT2D eigenvalue weighted by atomic mass is 32.2. The van der Waals surface area contributed by atoms with Crippen molar-refractivity contribution < 1.29 is 13.2 Å². The highest BCUT2D eigenvalue weighted by Crippen LogP contribution is 2.20. The molecule has 7 nitrogen and oxygen atoms in total. The van der Waals surface area contributed by atoms with Crippen molar-refractivity contribution in [2.24, 2.45) is 0 Å². The number of aromatic nitrogens is 1. The Morgan fingerprint density at radius 2 is 1.73 bits per heavy atom. The zero-order chi connectivity index (χ0) is 18.7. The molecular formula is C18H22N4O3S. The predicted octanol–water partition coefficient (Wildman–Crippen LogP) is 2.18. The Morgan fingerprint density at radius 1 is 1.08 bits per heavy atom. The van der Waals surface area contributed by atoms with Crippen LogP contribution in [0.3, 0.4) is 0 Å². The first-order valence-corrected chi connectivity index (χ1v) is 9.87. The van der Waals surface area contributed by atoms with Gasteiger partial charge in [-0.25, -0.2) is 17.7 Å². The Balaban J connectivity index is 1.68. The van der Waals surface area contributed by atoms with Crippen molar-refractivity contribution in [2.75, 3.05) is 37.4 Å². The maximum absolute atomic E-state index is 12.3. The second-order valence-electron chi connectivity index (χ2n) is 6.37. The normalized spacial score (nSPS) is 14.7. The topological polar surface area (TPSA) is 82.6 Å². The van der Waals surface area contributed by atoms with E-state index in [0.29, 0.717) is 11.3 Å². The van der Waals surface area contributed by atoms with E-state index in [0.717, 1.165) is 23.2 Å². The van der Waals surface area contributed by atoms with Gasteiger partial charge >= 0.3 is 0 Å². The minimum absolute atomic E-state index is 0.149. The van der Waals surface area contributed by atoms with E-state index in [4.69, 9.17) is 0 Å². The van der Waals surface area contributed by atoms with Gasteiger partial charge < -0.3 is 10.2 Å². The molecule has 0 atom stereocenters. The molecule has 1 aromatic heterocycles. The molecule has 1 aliphatic heterocycles. The van der Waals surface area contributed by atoms with Gasteiger partial charge in [-0.2, -0.15) is 0 Å². The second kappa shape index (κ2) is 7.43. The SMILES string of the molecule is CN(C)S(=O)(=O)c1ccc(C(=O)Nc2ccc(N3CCCC3)nc2)cc1. The molecule has 0 spiro atoms. The zero-order valence-corrected chi connectivity index (χ0v) is 15.7. The van der Waals surface area contributed by atoms with Crippen molar-refractivity contribution in [3.05, 3.63) is 48.2 Å². The average Bonchev–Trinajstić information content (AvgIpc) is 3.17. The number of hydrogen-bond acceptors (Lipinski definition) is 5. The Labute approximate surface area is 153 Å². The number of sulfonamides is 1. The minimum Gasteiger partial charge on any atom is -0.357 e. The van der Waals surface area contributed by atoms with Crippen LogP contribution in [0.2, 0.25) is 0 Å². The van der Waals surface area contributed by atoms with Gasteiger partial charge in [0.15, 0.2) is 0 Å². The van der Waals surface area contributed by atoms with E-state index in [2.05, 4.69) is 15.2 Å². The van der Waals surface area contributed by atoms with Gasteiger partial charge in [0.05, 0.1) is 16.8 Å². The molecule has 138 valence electrons. The van der Waals surface area contributed by atoms with E-state index < -0.39 is 10.0 Å². The van der Waals surface area contributed by atoms with E-state index in [9.17, 15) is 13.2 Å². The van der Waals surface area contributed by atoms with Crippen LogP contribution in [0, 0.1) is 0 Å². The molecule has 0 unspecified atom stereocenters. The number of hydrogen-bond donors (Lipinski definition) is 1. The average molecular weight is 374 g/mol. The fourth-order valence-corrected chi connectivity index (χ4v) is 3.69. The number of carbonyl (C=O) groups excluding carboxylic acids is 1. The van der Waals surface area contributed by atoms with Crippen LogP contribution in [0.4, 0.5) is 11.5 Å². The smallest absolute Gasteiger partial charge is 0.255 e. The number of nitrogens with zero attached hydrogens (tertiary/aromatic N) is 3. The highest BCUT2D eigenvalue weighted by molar-refractivity contribution is 7.89. The van der Waals surface area contributed by atoms with Crippen LogP contribution in [0.25, 0.3) is 0 Å². The summed E-state index contributed by atoms with van der Waals surface area (Å²) in [7, 11) is -0.570. The summed E-state index contributed by atoms with van der Waals surface area (Å²) >= 11 is 0. The minimum atomic E-state index is -3.50. The van der Waals surface area contributed by atoms with Crippen LogP contribution >= 0.6 is 0 Å². The fourth-order valence-electron chi connectivity index (χ4n) is 2.79. The lowest BCUT2D eigenvalue weighted by Gasteiger charge is -2.16. The third kappa shape index (κ3) is 3.86. The van der Waals surface area contributed by atoms with Gasteiger partial charge in [0, 0.05) is 32.7 Å². The Morgan fingerprint density at radius 3 is 2.27 bits per heavy atom. The lowest BCUT2D eigenvalue weighted by atomic mass is 10.2. The molecule has 0 saturated carbocycles. The van der Waals surface area contributed by atoms with Crippen molar-refractivity contribution >= 4 is 27.4 Å². The number of anilines is 2. The van der Waals surface area contributed by atoms with E-state index in [1.165, 1.54) is 51.2 Å². The summed E-state index contributed by atoms with van der Waals surface area (Å²) in [6.07, 6.45) is 4.00. The van der Waals surface area contributed by atoms with Crippen molar-refractivity contribution in [3.8, 4) is 0 Å².